The van der Waals surface area contributed by atoms with Crippen molar-refractivity contribution in [3.63, 3.8) is 0 Å². The number of nitrogens with zero attached hydrogens (tertiary/aromatic N) is 4. The topological polar surface area (TPSA) is 90.7 Å². The Hall–Kier alpha value is -2.62. The highest BCUT2D eigenvalue weighted by atomic mass is 32.2. The van der Waals surface area contributed by atoms with Crippen LogP contribution in [0, 0.1) is 6.92 Å². The Bertz CT molecular complexity index is 909. The summed E-state index contributed by atoms with van der Waals surface area (Å²) in [7, 11) is 0. The number of alkyl halides is 3. The van der Waals surface area contributed by atoms with Crippen molar-refractivity contribution in [1.82, 2.24) is 20.1 Å². The molecule has 2 aromatic heterocycles. The van der Waals surface area contributed by atoms with Crippen LogP contribution in [0.5, 0.6) is 0 Å². The predicted molar refractivity (Wildman–Crippen MR) is 95.0 cm³/mol. The highest BCUT2D eigenvalue weighted by Gasteiger charge is 2.30. The molecule has 0 saturated carbocycles. The fraction of sp³-hybridized carbons (Fsp3) is 0.294. The Balaban J connectivity index is 1.57. The van der Waals surface area contributed by atoms with Gasteiger partial charge in [0.1, 0.15) is 5.82 Å². The van der Waals surface area contributed by atoms with Crippen LogP contribution < -0.4 is 5.73 Å². The molecule has 0 bridgehead atoms. The quantitative estimate of drug-likeness (QED) is 0.381. The number of rotatable bonds is 6. The average Bonchev–Trinajstić information content (AvgIpc) is 3.06. The van der Waals surface area contributed by atoms with Gasteiger partial charge in [0.05, 0.1) is 5.56 Å². The second kappa shape index (κ2) is 7.95. The summed E-state index contributed by atoms with van der Waals surface area (Å²) in [4.78, 5) is 12.6. The minimum atomic E-state index is -4.42. The first-order chi connectivity index (χ1) is 12.8. The third-order valence-electron chi connectivity index (χ3n) is 3.54. The molecule has 0 aliphatic carbocycles. The Morgan fingerprint density at radius 1 is 1.15 bits per heavy atom. The van der Waals surface area contributed by atoms with Gasteiger partial charge >= 0.3 is 6.18 Å². The van der Waals surface area contributed by atoms with E-state index in [1.807, 2.05) is 6.92 Å². The zero-order valence-corrected chi connectivity index (χ0v) is 15.1. The molecule has 0 fully saturated rings. The second-order valence-corrected chi connectivity index (χ2v) is 6.82. The van der Waals surface area contributed by atoms with Crippen molar-refractivity contribution in [3.05, 3.63) is 47.5 Å². The van der Waals surface area contributed by atoms with Gasteiger partial charge in [-0.25, -0.2) is 9.97 Å². The van der Waals surface area contributed by atoms with E-state index >= 15 is 0 Å². The maximum Gasteiger partial charge on any atom is 0.416 e. The zero-order valence-electron chi connectivity index (χ0n) is 14.3. The zero-order chi connectivity index (χ0) is 19.4. The van der Waals surface area contributed by atoms with Gasteiger partial charge in [0.2, 0.25) is 11.7 Å². The summed E-state index contributed by atoms with van der Waals surface area (Å²) < 4.78 is 43.5. The standard InChI is InChI=1S/C17H16F3N5OS/c1-10-8-13(21)23-16(22-10)27-7-3-6-14-24-15(25-26-14)11-4-2-5-12(9-11)17(18,19)20/h2,4-5,8-9H,3,6-7H2,1H3,(H2,21,22,23). The lowest BCUT2D eigenvalue weighted by atomic mass is 10.1. The maximum absolute atomic E-state index is 12.8. The maximum atomic E-state index is 12.8. The number of halogens is 3. The van der Waals surface area contributed by atoms with Crippen LogP contribution in [0.15, 0.2) is 40.0 Å². The van der Waals surface area contributed by atoms with Gasteiger partial charge in [-0.2, -0.15) is 18.2 Å². The summed E-state index contributed by atoms with van der Waals surface area (Å²) in [6, 6.07) is 6.53. The highest BCUT2D eigenvalue weighted by Crippen LogP contribution is 2.31. The monoisotopic (exact) mass is 395 g/mol. The van der Waals surface area contributed by atoms with Crippen molar-refractivity contribution < 1.29 is 17.7 Å². The van der Waals surface area contributed by atoms with Gasteiger partial charge in [-0.1, -0.05) is 29.1 Å². The van der Waals surface area contributed by atoms with Crippen LogP contribution in [0.4, 0.5) is 19.0 Å². The lowest BCUT2D eigenvalue weighted by Crippen LogP contribution is -2.04. The molecule has 2 heterocycles. The summed E-state index contributed by atoms with van der Waals surface area (Å²) in [5, 5.41) is 4.37. The molecule has 0 atom stereocenters. The van der Waals surface area contributed by atoms with Crippen LogP contribution >= 0.6 is 11.8 Å². The molecule has 27 heavy (non-hydrogen) atoms. The minimum absolute atomic E-state index is 0.138. The smallest absolute Gasteiger partial charge is 0.384 e. The second-order valence-electron chi connectivity index (χ2n) is 5.76. The van der Waals surface area contributed by atoms with Crippen molar-refractivity contribution in [2.45, 2.75) is 31.1 Å². The van der Waals surface area contributed by atoms with E-state index in [1.165, 1.54) is 23.9 Å². The third-order valence-corrected chi connectivity index (χ3v) is 4.47. The predicted octanol–water partition coefficient (Wildman–Crippen LogP) is 4.16. The Morgan fingerprint density at radius 3 is 2.70 bits per heavy atom. The Kier molecular flexibility index (Phi) is 5.64. The third kappa shape index (κ3) is 5.19. The molecular formula is C17H16F3N5OS. The normalized spacial score (nSPS) is 11.7. The lowest BCUT2D eigenvalue weighted by Gasteiger charge is -2.06. The number of hydrogen-bond acceptors (Lipinski definition) is 7. The summed E-state index contributed by atoms with van der Waals surface area (Å²) >= 11 is 1.46. The van der Waals surface area contributed by atoms with E-state index in [1.54, 1.807) is 6.07 Å². The molecule has 0 aliphatic heterocycles. The summed E-state index contributed by atoms with van der Waals surface area (Å²) in [5.41, 5.74) is 5.99. The van der Waals surface area contributed by atoms with Crippen molar-refractivity contribution in [2.75, 3.05) is 11.5 Å². The highest BCUT2D eigenvalue weighted by molar-refractivity contribution is 7.99. The first-order valence-electron chi connectivity index (χ1n) is 8.05. The summed E-state index contributed by atoms with van der Waals surface area (Å²) in [6.45, 7) is 1.84. The molecule has 142 valence electrons. The van der Waals surface area contributed by atoms with Crippen LogP contribution in [0.1, 0.15) is 23.6 Å². The van der Waals surface area contributed by atoms with Crippen LogP contribution in [0.2, 0.25) is 0 Å². The van der Waals surface area contributed by atoms with Gasteiger partial charge in [0.15, 0.2) is 5.16 Å². The molecule has 10 heteroatoms. The molecule has 2 N–H and O–H groups in total. The number of aromatic nitrogens is 4. The van der Waals surface area contributed by atoms with Crippen molar-refractivity contribution in [3.8, 4) is 11.4 Å². The Morgan fingerprint density at radius 2 is 1.96 bits per heavy atom. The van der Waals surface area contributed by atoms with Crippen LogP contribution in [-0.2, 0) is 12.6 Å². The Labute approximate surface area is 157 Å². The SMILES string of the molecule is Cc1cc(N)nc(SCCCc2nc(-c3cccc(C(F)(F)F)c3)no2)n1. The number of thioether (sulfide) groups is 1. The van der Waals surface area contributed by atoms with Gasteiger partial charge in [-0.3, -0.25) is 0 Å². The van der Waals surface area contributed by atoms with Crippen molar-refractivity contribution >= 4 is 17.6 Å². The summed E-state index contributed by atoms with van der Waals surface area (Å²) in [5.74, 6) is 1.64. The number of anilines is 1. The fourth-order valence-electron chi connectivity index (χ4n) is 2.32. The lowest BCUT2D eigenvalue weighted by molar-refractivity contribution is -0.137. The van der Waals surface area contributed by atoms with Gasteiger partial charge in [0.25, 0.3) is 0 Å². The number of nitrogen functional groups attached to an aromatic ring is 1. The molecular weight excluding hydrogens is 379 g/mol. The van der Waals surface area contributed by atoms with Gasteiger partial charge in [0, 0.05) is 29.5 Å². The van der Waals surface area contributed by atoms with E-state index in [4.69, 9.17) is 10.3 Å². The van der Waals surface area contributed by atoms with E-state index in [0.29, 0.717) is 35.5 Å². The van der Waals surface area contributed by atoms with Gasteiger partial charge in [-0.05, 0) is 25.5 Å². The van der Waals surface area contributed by atoms with Crippen LogP contribution in [0.25, 0.3) is 11.4 Å². The van der Waals surface area contributed by atoms with E-state index < -0.39 is 11.7 Å². The van der Waals surface area contributed by atoms with Gasteiger partial charge in [-0.15, -0.1) is 0 Å². The van der Waals surface area contributed by atoms with Gasteiger partial charge < -0.3 is 10.3 Å². The fourth-order valence-corrected chi connectivity index (χ4v) is 3.17. The molecule has 0 spiro atoms. The van der Waals surface area contributed by atoms with E-state index in [-0.39, 0.29) is 11.4 Å². The number of nitrogens with two attached hydrogens (primary N) is 1. The molecule has 0 aliphatic rings. The van der Waals surface area contributed by atoms with Crippen molar-refractivity contribution in [1.29, 1.82) is 0 Å². The first-order valence-corrected chi connectivity index (χ1v) is 9.04. The van der Waals surface area contributed by atoms with E-state index in [2.05, 4.69) is 20.1 Å². The molecule has 3 aromatic rings. The number of hydrogen-bond donors (Lipinski definition) is 1. The van der Waals surface area contributed by atoms with E-state index in [9.17, 15) is 13.2 Å². The van der Waals surface area contributed by atoms with Crippen LogP contribution in [0.3, 0.4) is 0 Å². The van der Waals surface area contributed by atoms with E-state index in [0.717, 1.165) is 17.8 Å². The van der Waals surface area contributed by atoms with Crippen molar-refractivity contribution in [2.24, 2.45) is 0 Å². The molecule has 0 amide bonds. The largest absolute Gasteiger partial charge is 0.416 e. The molecule has 1 aromatic carbocycles. The number of aryl methyl sites for hydroxylation is 2. The summed E-state index contributed by atoms with van der Waals surface area (Å²) in [6.07, 6.45) is -3.20. The molecule has 0 radical (unpaired) electrons. The minimum Gasteiger partial charge on any atom is -0.384 e. The average molecular weight is 395 g/mol. The van der Waals surface area contributed by atoms with Crippen LogP contribution in [-0.4, -0.2) is 25.9 Å². The number of benzene rings is 1. The molecule has 3 rings (SSSR count). The molecule has 0 saturated heterocycles. The molecule has 0 unspecified atom stereocenters. The first kappa shape index (κ1) is 19.2. The molecule has 6 nitrogen and oxygen atoms in total.